The molecule has 1 saturated heterocycles. The van der Waals surface area contributed by atoms with Gasteiger partial charge >= 0.3 is 0 Å². The van der Waals surface area contributed by atoms with Crippen LogP contribution in [0.1, 0.15) is 28.9 Å². The Morgan fingerprint density at radius 2 is 2.10 bits per heavy atom. The first-order valence-corrected chi connectivity index (χ1v) is 6.80. The van der Waals surface area contributed by atoms with Gasteiger partial charge in [0, 0.05) is 46.2 Å². The van der Waals surface area contributed by atoms with Crippen molar-refractivity contribution in [1.29, 1.82) is 0 Å². The van der Waals surface area contributed by atoms with Crippen molar-refractivity contribution in [1.82, 2.24) is 15.1 Å². The van der Waals surface area contributed by atoms with E-state index >= 15 is 0 Å². The smallest absolute Gasteiger partial charge is 0.253 e. The maximum atomic E-state index is 12.0. The molecule has 1 unspecified atom stereocenters. The van der Waals surface area contributed by atoms with E-state index in [4.69, 9.17) is 0 Å². The molecule has 1 aliphatic rings. The van der Waals surface area contributed by atoms with Gasteiger partial charge in [0.1, 0.15) is 0 Å². The minimum Gasteiger partial charge on any atom is -0.345 e. The summed E-state index contributed by atoms with van der Waals surface area (Å²) in [6.45, 7) is 3.82. The van der Waals surface area contributed by atoms with Gasteiger partial charge in [0.2, 0.25) is 5.91 Å². The number of piperazine rings is 1. The first-order chi connectivity index (χ1) is 9.50. The number of benzene rings is 1. The van der Waals surface area contributed by atoms with E-state index in [-0.39, 0.29) is 17.9 Å². The molecule has 1 aromatic rings. The Morgan fingerprint density at radius 3 is 2.75 bits per heavy atom. The molecule has 1 heterocycles. The van der Waals surface area contributed by atoms with Crippen molar-refractivity contribution in [3.63, 3.8) is 0 Å². The number of rotatable bonds is 2. The molecule has 1 aliphatic heterocycles. The Kier molecular flexibility index (Phi) is 4.39. The highest BCUT2D eigenvalue weighted by Crippen LogP contribution is 2.23. The molecular formula is C15H21N3O2. The lowest BCUT2D eigenvalue weighted by Gasteiger charge is -2.36. The van der Waals surface area contributed by atoms with E-state index in [1.807, 2.05) is 23.1 Å². The van der Waals surface area contributed by atoms with E-state index in [1.165, 1.54) is 0 Å². The molecule has 5 heteroatoms. The van der Waals surface area contributed by atoms with Crippen molar-refractivity contribution < 1.29 is 9.59 Å². The van der Waals surface area contributed by atoms with Crippen LogP contribution in [0.3, 0.4) is 0 Å². The summed E-state index contributed by atoms with van der Waals surface area (Å²) in [5, 5.41) is 3.30. The van der Waals surface area contributed by atoms with Crippen LogP contribution in [0.25, 0.3) is 0 Å². The van der Waals surface area contributed by atoms with Gasteiger partial charge in [-0.3, -0.25) is 9.59 Å². The van der Waals surface area contributed by atoms with Crippen LogP contribution in [0.15, 0.2) is 24.3 Å². The normalized spacial score (nSPS) is 18.8. The largest absolute Gasteiger partial charge is 0.345 e. The maximum absolute atomic E-state index is 12.0. The van der Waals surface area contributed by atoms with Crippen LogP contribution < -0.4 is 5.32 Å². The average molecular weight is 275 g/mol. The van der Waals surface area contributed by atoms with Crippen LogP contribution in [0, 0.1) is 0 Å². The zero-order chi connectivity index (χ0) is 14.7. The van der Waals surface area contributed by atoms with Crippen LogP contribution in [-0.2, 0) is 4.79 Å². The summed E-state index contributed by atoms with van der Waals surface area (Å²) in [5.41, 5.74) is 1.65. The standard InChI is InChI=1S/C15H21N3O2/c1-11(19)18-8-7-16-10-14(18)12-5-4-6-13(9-12)15(20)17(2)3/h4-6,9,14,16H,7-8,10H2,1-3H3. The molecular weight excluding hydrogens is 254 g/mol. The third kappa shape index (κ3) is 2.99. The summed E-state index contributed by atoms with van der Waals surface area (Å²) in [6.07, 6.45) is 0. The number of carbonyl (C=O) groups is 2. The maximum Gasteiger partial charge on any atom is 0.253 e. The summed E-state index contributed by atoms with van der Waals surface area (Å²) >= 11 is 0. The van der Waals surface area contributed by atoms with Gasteiger partial charge in [-0.25, -0.2) is 0 Å². The summed E-state index contributed by atoms with van der Waals surface area (Å²) < 4.78 is 0. The number of amides is 2. The third-order valence-electron chi connectivity index (χ3n) is 3.57. The third-order valence-corrected chi connectivity index (χ3v) is 3.57. The zero-order valence-electron chi connectivity index (χ0n) is 12.2. The fraction of sp³-hybridized carbons (Fsp3) is 0.467. The van der Waals surface area contributed by atoms with Crippen molar-refractivity contribution >= 4 is 11.8 Å². The van der Waals surface area contributed by atoms with Gasteiger partial charge < -0.3 is 15.1 Å². The van der Waals surface area contributed by atoms with Gasteiger partial charge in [-0.15, -0.1) is 0 Å². The fourth-order valence-corrected chi connectivity index (χ4v) is 2.52. The predicted octanol–water partition coefficient (Wildman–Crippen LogP) is 0.881. The van der Waals surface area contributed by atoms with E-state index in [2.05, 4.69) is 5.32 Å². The van der Waals surface area contributed by atoms with Crippen molar-refractivity contribution in [3.8, 4) is 0 Å². The summed E-state index contributed by atoms with van der Waals surface area (Å²) in [7, 11) is 3.47. The van der Waals surface area contributed by atoms with Gasteiger partial charge in [-0.05, 0) is 17.7 Å². The Balaban J connectivity index is 2.29. The van der Waals surface area contributed by atoms with Crippen LogP contribution in [0.5, 0.6) is 0 Å². The first kappa shape index (κ1) is 14.5. The number of carbonyl (C=O) groups excluding carboxylic acids is 2. The summed E-state index contributed by atoms with van der Waals surface area (Å²) in [4.78, 5) is 27.2. The van der Waals surface area contributed by atoms with E-state index in [0.717, 1.165) is 18.7 Å². The Morgan fingerprint density at radius 1 is 1.35 bits per heavy atom. The van der Waals surface area contributed by atoms with Crippen molar-refractivity contribution in [3.05, 3.63) is 35.4 Å². The lowest BCUT2D eigenvalue weighted by atomic mass is 10.0. The molecule has 0 aliphatic carbocycles. The van der Waals surface area contributed by atoms with Gasteiger partial charge in [0.15, 0.2) is 0 Å². The first-order valence-electron chi connectivity index (χ1n) is 6.80. The van der Waals surface area contributed by atoms with Crippen molar-refractivity contribution in [2.24, 2.45) is 0 Å². The van der Waals surface area contributed by atoms with Gasteiger partial charge in [0.25, 0.3) is 5.91 Å². The van der Waals surface area contributed by atoms with Crippen LogP contribution in [0.4, 0.5) is 0 Å². The predicted molar refractivity (Wildman–Crippen MR) is 77.5 cm³/mol. The minimum atomic E-state index is -0.0232. The molecule has 0 spiro atoms. The van der Waals surface area contributed by atoms with Gasteiger partial charge in [-0.1, -0.05) is 12.1 Å². The quantitative estimate of drug-likeness (QED) is 0.872. The molecule has 1 atom stereocenters. The van der Waals surface area contributed by atoms with E-state index in [9.17, 15) is 9.59 Å². The van der Waals surface area contributed by atoms with E-state index in [1.54, 1.807) is 32.0 Å². The molecule has 0 saturated carbocycles. The van der Waals surface area contributed by atoms with Crippen molar-refractivity contribution in [2.45, 2.75) is 13.0 Å². The highest BCUT2D eigenvalue weighted by molar-refractivity contribution is 5.94. The van der Waals surface area contributed by atoms with Gasteiger partial charge in [-0.2, -0.15) is 0 Å². The average Bonchev–Trinajstić information content (AvgIpc) is 2.46. The van der Waals surface area contributed by atoms with Gasteiger partial charge in [0.05, 0.1) is 6.04 Å². The monoisotopic (exact) mass is 275 g/mol. The molecule has 0 aromatic heterocycles. The number of nitrogens with one attached hydrogen (secondary N) is 1. The molecule has 5 nitrogen and oxygen atoms in total. The molecule has 20 heavy (non-hydrogen) atoms. The molecule has 1 aromatic carbocycles. The second kappa shape index (κ2) is 6.05. The van der Waals surface area contributed by atoms with Crippen LogP contribution >= 0.6 is 0 Å². The lowest BCUT2D eigenvalue weighted by molar-refractivity contribution is -0.132. The topological polar surface area (TPSA) is 52.7 Å². The number of nitrogens with zero attached hydrogens (tertiary/aromatic N) is 2. The zero-order valence-corrected chi connectivity index (χ0v) is 12.2. The lowest BCUT2D eigenvalue weighted by Crippen LogP contribution is -2.47. The molecule has 0 bridgehead atoms. The number of hydrogen-bond acceptors (Lipinski definition) is 3. The minimum absolute atomic E-state index is 0.00355. The van der Waals surface area contributed by atoms with Crippen LogP contribution in [0.2, 0.25) is 0 Å². The molecule has 2 rings (SSSR count). The van der Waals surface area contributed by atoms with Crippen LogP contribution in [-0.4, -0.2) is 55.3 Å². The SMILES string of the molecule is CC(=O)N1CCNCC1c1cccc(C(=O)N(C)C)c1. The second-order valence-corrected chi connectivity index (χ2v) is 5.26. The summed E-state index contributed by atoms with van der Waals surface area (Å²) in [5.74, 6) is 0.0471. The molecule has 1 fully saturated rings. The Bertz CT molecular complexity index is 514. The molecule has 0 radical (unpaired) electrons. The van der Waals surface area contributed by atoms with E-state index < -0.39 is 0 Å². The summed E-state index contributed by atoms with van der Waals surface area (Å²) in [6, 6.07) is 7.53. The highest BCUT2D eigenvalue weighted by Gasteiger charge is 2.26. The molecule has 1 N–H and O–H groups in total. The number of hydrogen-bond donors (Lipinski definition) is 1. The second-order valence-electron chi connectivity index (χ2n) is 5.26. The Hall–Kier alpha value is -1.88. The molecule has 2 amide bonds. The van der Waals surface area contributed by atoms with E-state index in [0.29, 0.717) is 12.1 Å². The highest BCUT2D eigenvalue weighted by atomic mass is 16.2. The molecule has 108 valence electrons. The fourth-order valence-electron chi connectivity index (χ4n) is 2.52. The Labute approximate surface area is 119 Å². The van der Waals surface area contributed by atoms with Crippen molar-refractivity contribution in [2.75, 3.05) is 33.7 Å².